The van der Waals surface area contributed by atoms with Gasteiger partial charge in [0.1, 0.15) is 17.5 Å². The van der Waals surface area contributed by atoms with Gasteiger partial charge in [0.05, 0.1) is 10.2 Å². The molecule has 2 nitrogen and oxygen atoms in total. The minimum absolute atomic E-state index is 0.246. The summed E-state index contributed by atoms with van der Waals surface area (Å²) in [5.41, 5.74) is 0.263. The number of amidine groups is 1. The Labute approximate surface area is 107 Å². The Morgan fingerprint density at radius 3 is 2.76 bits per heavy atom. The van der Waals surface area contributed by atoms with Crippen LogP contribution in [0.3, 0.4) is 0 Å². The molecule has 0 bridgehead atoms. The predicted octanol–water partition coefficient (Wildman–Crippen LogP) is 4.11. The summed E-state index contributed by atoms with van der Waals surface area (Å²) in [4.78, 5) is 4.34. The molecule has 0 amide bonds. The lowest BCUT2D eigenvalue weighted by Gasteiger charge is -2.10. The fraction of sp³-hybridized carbons (Fsp3) is 0.417. The number of rotatable bonds is 1. The van der Waals surface area contributed by atoms with Crippen LogP contribution in [0, 0.1) is 11.6 Å². The molecule has 0 spiro atoms. The first kappa shape index (κ1) is 12.5. The number of halogens is 3. The number of benzene rings is 1. The van der Waals surface area contributed by atoms with Crippen LogP contribution in [0.5, 0.6) is 0 Å². The van der Waals surface area contributed by atoms with Gasteiger partial charge < -0.3 is 5.32 Å². The zero-order valence-corrected chi connectivity index (χ0v) is 10.9. The first-order valence-electron chi connectivity index (χ1n) is 5.62. The highest BCUT2D eigenvalue weighted by Gasteiger charge is 2.11. The summed E-state index contributed by atoms with van der Waals surface area (Å²) in [6, 6.07) is 2.27. The summed E-state index contributed by atoms with van der Waals surface area (Å²) in [6.45, 7) is 0.770. The van der Waals surface area contributed by atoms with Gasteiger partial charge in [0.15, 0.2) is 0 Å². The molecule has 1 aromatic rings. The highest BCUT2D eigenvalue weighted by molar-refractivity contribution is 9.10. The van der Waals surface area contributed by atoms with Crippen molar-refractivity contribution in [2.24, 2.45) is 4.99 Å². The molecular formula is C12H13BrF2N2. The molecule has 2 rings (SSSR count). The second-order valence-electron chi connectivity index (χ2n) is 4.01. The zero-order chi connectivity index (χ0) is 12.3. The van der Waals surface area contributed by atoms with Crippen molar-refractivity contribution < 1.29 is 8.78 Å². The fourth-order valence-electron chi connectivity index (χ4n) is 1.75. The summed E-state index contributed by atoms with van der Waals surface area (Å²) in [6.07, 6.45) is 4.08. The normalized spacial score (nSPS) is 16.3. The first-order chi connectivity index (χ1) is 8.16. The largest absolute Gasteiger partial charge is 0.342 e. The monoisotopic (exact) mass is 302 g/mol. The van der Waals surface area contributed by atoms with Gasteiger partial charge in [-0.2, -0.15) is 0 Å². The van der Waals surface area contributed by atoms with Crippen molar-refractivity contribution in [2.75, 3.05) is 11.9 Å². The molecular weight excluding hydrogens is 290 g/mol. The number of nitrogens with one attached hydrogen (secondary N) is 1. The van der Waals surface area contributed by atoms with Crippen LogP contribution in [0.25, 0.3) is 0 Å². The maximum absolute atomic E-state index is 13.5. The first-order valence-corrected chi connectivity index (χ1v) is 6.41. The molecule has 5 heteroatoms. The van der Waals surface area contributed by atoms with Crippen LogP contribution in [0.15, 0.2) is 21.6 Å². The van der Waals surface area contributed by atoms with Crippen LogP contribution in [-0.4, -0.2) is 12.4 Å². The molecule has 1 N–H and O–H groups in total. The van der Waals surface area contributed by atoms with E-state index in [-0.39, 0.29) is 10.2 Å². The van der Waals surface area contributed by atoms with Crippen molar-refractivity contribution in [3.05, 3.63) is 28.2 Å². The molecule has 1 aliphatic heterocycles. The van der Waals surface area contributed by atoms with Gasteiger partial charge in [0, 0.05) is 19.0 Å². The van der Waals surface area contributed by atoms with E-state index in [0.717, 1.165) is 44.1 Å². The third-order valence-corrected chi connectivity index (χ3v) is 3.27. The maximum Gasteiger partial charge on any atom is 0.149 e. The van der Waals surface area contributed by atoms with E-state index in [1.54, 1.807) is 0 Å². The molecule has 1 aliphatic rings. The van der Waals surface area contributed by atoms with Gasteiger partial charge >= 0.3 is 0 Å². The number of aliphatic imine (C=N–C) groups is 1. The van der Waals surface area contributed by atoms with Crippen LogP contribution >= 0.6 is 15.9 Å². The molecule has 0 saturated heterocycles. The minimum atomic E-state index is -0.601. The molecule has 0 unspecified atom stereocenters. The fourth-order valence-corrected chi connectivity index (χ4v) is 2.09. The molecule has 0 atom stereocenters. The molecule has 17 heavy (non-hydrogen) atoms. The summed E-state index contributed by atoms with van der Waals surface area (Å²) < 4.78 is 26.8. The highest BCUT2D eigenvalue weighted by Crippen LogP contribution is 2.24. The molecule has 0 aromatic heterocycles. The van der Waals surface area contributed by atoms with Gasteiger partial charge in [-0.1, -0.05) is 6.42 Å². The van der Waals surface area contributed by atoms with E-state index < -0.39 is 11.6 Å². The van der Waals surface area contributed by atoms with E-state index in [9.17, 15) is 8.78 Å². The highest BCUT2D eigenvalue weighted by atomic mass is 79.9. The van der Waals surface area contributed by atoms with Gasteiger partial charge in [-0.05, 0) is 34.8 Å². The third kappa shape index (κ3) is 3.25. The molecule has 92 valence electrons. The predicted molar refractivity (Wildman–Crippen MR) is 68.5 cm³/mol. The lowest BCUT2D eigenvalue weighted by Crippen LogP contribution is -2.13. The Bertz CT molecular complexity index is 446. The quantitative estimate of drug-likeness (QED) is 0.776. The van der Waals surface area contributed by atoms with Crippen LogP contribution < -0.4 is 5.32 Å². The van der Waals surface area contributed by atoms with E-state index in [0.29, 0.717) is 0 Å². The number of hydrogen-bond donors (Lipinski definition) is 1. The molecule has 1 heterocycles. The minimum Gasteiger partial charge on any atom is -0.342 e. The molecule has 1 aromatic carbocycles. The second kappa shape index (κ2) is 5.58. The topological polar surface area (TPSA) is 24.4 Å². The van der Waals surface area contributed by atoms with E-state index in [2.05, 4.69) is 26.2 Å². The van der Waals surface area contributed by atoms with Gasteiger partial charge in [-0.15, -0.1) is 0 Å². The molecule has 0 saturated carbocycles. The van der Waals surface area contributed by atoms with Crippen LogP contribution in [0.2, 0.25) is 0 Å². The van der Waals surface area contributed by atoms with Gasteiger partial charge in [0.25, 0.3) is 0 Å². The Hall–Kier alpha value is -0.970. The summed E-state index contributed by atoms with van der Waals surface area (Å²) >= 11 is 3.04. The Morgan fingerprint density at radius 2 is 1.94 bits per heavy atom. The van der Waals surface area contributed by atoms with E-state index in [1.165, 1.54) is 6.07 Å². The average Bonchev–Trinajstić information content (AvgIpc) is 2.54. The van der Waals surface area contributed by atoms with Crippen molar-refractivity contribution in [3.63, 3.8) is 0 Å². The van der Waals surface area contributed by atoms with Gasteiger partial charge in [-0.25, -0.2) is 8.78 Å². The number of hydrogen-bond acceptors (Lipinski definition) is 2. The van der Waals surface area contributed by atoms with Crippen molar-refractivity contribution in [2.45, 2.75) is 25.7 Å². The smallest absolute Gasteiger partial charge is 0.149 e. The Kier molecular flexibility index (Phi) is 4.10. The van der Waals surface area contributed by atoms with Crippen molar-refractivity contribution >= 4 is 27.5 Å². The van der Waals surface area contributed by atoms with Crippen molar-refractivity contribution in [3.8, 4) is 0 Å². The summed E-state index contributed by atoms with van der Waals surface area (Å²) in [5, 5.41) is 2.94. The number of nitrogens with zero attached hydrogens (tertiary/aromatic N) is 1. The van der Waals surface area contributed by atoms with Crippen LogP contribution in [0.1, 0.15) is 25.7 Å². The Morgan fingerprint density at radius 1 is 1.12 bits per heavy atom. The molecule has 0 fully saturated rings. The molecule has 0 radical (unpaired) electrons. The number of anilines is 1. The average molecular weight is 303 g/mol. The molecule has 0 aliphatic carbocycles. The lowest BCUT2D eigenvalue weighted by molar-refractivity contribution is 0.581. The third-order valence-electron chi connectivity index (χ3n) is 2.66. The van der Waals surface area contributed by atoms with Crippen LogP contribution in [0.4, 0.5) is 14.5 Å². The van der Waals surface area contributed by atoms with Gasteiger partial charge in [0.2, 0.25) is 0 Å². The van der Waals surface area contributed by atoms with Crippen molar-refractivity contribution in [1.82, 2.24) is 0 Å². The van der Waals surface area contributed by atoms with Crippen molar-refractivity contribution in [1.29, 1.82) is 0 Å². The lowest BCUT2D eigenvalue weighted by atomic mass is 10.2. The standard InChI is InChI=1S/C12H13BrF2N2/c13-8-6-11(10(15)7-9(8)14)17-12-4-2-1-3-5-16-12/h6-7H,1-5H2,(H,16,17). The van der Waals surface area contributed by atoms with Crippen LogP contribution in [-0.2, 0) is 0 Å². The van der Waals surface area contributed by atoms with Gasteiger partial charge in [-0.3, -0.25) is 4.99 Å². The Balaban J connectivity index is 2.17. The summed E-state index contributed by atoms with van der Waals surface area (Å²) in [7, 11) is 0. The SMILES string of the molecule is Fc1cc(F)c(NC2=NCCCCC2)cc1Br. The van der Waals surface area contributed by atoms with E-state index >= 15 is 0 Å². The summed E-state index contributed by atoms with van der Waals surface area (Å²) in [5.74, 6) is -0.423. The van der Waals surface area contributed by atoms with E-state index in [1.807, 2.05) is 0 Å². The van der Waals surface area contributed by atoms with E-state index in [4.69, 9.17) is 0 Å². The second-order valence-corrected chi connectivity index (χ2v) is 4.86. The maximum atomic E-state index is 13.5. The zero-order valence-electron chi connectivity index (χ0n) is 9.27.